The van der Waals surface area contributed by atoms with Crippen molar-refractivity contribution in [2.24, 2.45) is 0 Å². The predicted octanol–water partition coefficient (Wildman–Crippen LogP) is 3.23. The summed E-state index contributed by atoms with van der Waals surface area (Å²) in [5, 5.41) is 11.3. The van der Waals surface area contributed by atoms with E-state index in [4.69, 9.17) is 31.1 Å². The normalized spacial score (nSPS) is 11.4. The summed E-state index contributed by atoms with van der Waals surface area (Å²) >= 11 is 5.88. The van der Waals surface area contributed by atoms with Crippen LogP contribution in [0.4, 0.5) is 5.69 Å². The van der Waals surface area contributed by atoms with Crippen molar-refractivity contribution in [2.45, 2.75) is 13.0 Å². The van der Waals surface area contributed by atoms with E-state index in [1.165, 1.54) is 32.4 Å². The second-order valence-corrected chi connectivity index (χ2v) is 5.96. The maximum atomic E-state index is 12.1. The maximum absolute atomic E-state index is 12.1. The fraction of sp³-hybridized carbons (Fsp3) is 0.200. The first-order valence-corrected chi connectivity index (χ1v) is 8.80. The van der Waals surface area contributed by atoms with E-state index in [1.807, 2.05) is 6.07 Å². The SMILES string of the molecule is COc1cc(/C=C/C(=O)O[C@H](C)C(=O)Nc2cccnc2Cl)ccc1OCC#N. The third kappa shape index (κ3) is 6.52. The molecule has 8 nitrogen and oxygen atoms in total. The van der Waals surface area contributed by atoms with Gasteiger partial charge in [-0.25, -0.2) is 9.78 Å². The lowest BCUT2D eigenvalue weighted by Crippen LogP contribution is -2.29. The van der Waals surface area contributed by atoms with Gasteiger partial charge in [0, 0.05) is 12.3 Å². The zero-order chi connectivity index (χ0) is 21.2. The quantitative estimate of drug-likeness (QED) is 0.400. The van der Waals surface area contributed by atoms with Crippen LogP contribution in [0.25, 0.3) is 6.08 Å². The van der Waals surface area contributed by atoms with E-state index < -0.39 is 18.0 Å². The molecule has 2 aromatic rings. The Morgan fingerprint density at radius 2 is 2.14 bits per heavy atom. The van der Waals surface area contributed by atoms with Crippen LogP contribution in [-0.4, -0.2) is 36.7 Å². The van der Waals surface area contributed by atoms with E-state index in [2.05, 4.69) is 10.3 Å². The minimum absolute atomic E-state index is 0.109. The molecule has 1 N–H and O–H groups in total. The monoisotopic (exact) mass is 415 g/mol. The van der Waals surface area contributed by atoms with Gasteiger partial charge in [-0.3, -0.25) is 4.79 Å². The lowest BCUT2D eigenvalue weighted by atomic mass is 10.2. The summed E-state index contributed by atoms with van der Waals surface area (Å²) in [4.78, 5) is 28.0. The number of anilines is 1. The molecule has 0 fully saturated rings. The van der Waals surface area contributed by atoms with Gasteiger partial charge < -0.3 is 19.5 Å². The largest absolute Gasteiger partial charge is 0.493 e. The first kappa shape index (κ1) is 21.7. The molecule has 0 aliphatic carbocycles. The minimum Gasteiger partial charge on any atom is -0.493 e. The number of nitrogens with zero attached hydrogens (tertiary/aromatic N) is 2. The molecule has 9 heteroatoms. The van der Waals surface area contributed by atoms with Crippen molar-refractivity contribution >= 4 is 35.2 Å². The Kier molecular flexibility index (Phi) is 8.00. The van der Waals surface area contributed by atoms with Crippen LogP contribution in [0.3, 0.4) is 0 Å². The number of ether oxygens (including phenoxy) is 3. The van der Waals surface area contributed by atoms with Crippen molar-refractivity contribution in [2.75, 3.05) is 19.0 Å². The standard InChI is InChI=1S/C20H18ClN3O5/c1-13(20(26)24-15-4-3-10-23-19(15)21)29-18(25)8-6-14-5-7-16(28-11-9-22)17(12-14)27-2/h3-8,10,12-13H,11H2,1-2H3,(H,24,26)/b8-6+/t13-/m1/s1. The van der Waals surface area contributed by atoms with Crippen LogP contribution in [0.1, 0.15) is 12.5 Å². The molecule has 1 aromatic heterocycles. The first-order valence-electron chi connectivity index (χ1n) is 8.42. The van der Waals surface area contributed by atoms with Crippen molar-refractivity contribution < 1.29 is 23.8 Å². The van der Waals surface area contributed by atoms with E-state index in [-0.39, 0.29) is 11.8 Å². The Morgan fingerprint density at radius 3 is 2.83 bits per heavy atom. The molecule has 1 amide bonds. The topological polar surface area (TPSA) is 111 Å². The van der Waals surface area contributed by atoms with Gasteiger partial charge >= 0.3 is 5.97 Å². The number of carbonyl (C=O) groups excluding carboxylic acids is 2. The fourth-order valence-electron chi connectivity index (χ4n) is 2.16. The second-order valence-electron chi connectivity index (χ2n) is 5.60. The van der Waals surface area contributed by atoms with E-state index in [9.17, 15) is 9.59 Å². The molecule has 0 radical (unpaired) electrons. The summed E-state index contributed by atoms with van der Waals surface area (Å²) < 4.78 is 15.5. The van der Waals surface area contributed by atoms with Gasteiger partial charge in [-0.15, -0.1) is 0 Å². The zero-order valence-corrected chi connectivity index (χ0v) is 16.5. The molecule has 1 aromatic carbocycles. The molecule has 2 rings (SSSR count). The number of nitriles is 1. The lowest BCUT2D eigenvalue weighted by Gasteiger charge is -2.12. The zero-order valence-electron chi connectivity index (χ0n) is 15.7. The molecular weight excluding hydrogens is 398 g/mol. The van der Waals surface area contributed by atoms with E-state index in [1.54, 1.807) is 30.3 Å². The first-order chi connectivity index (χ1) is 13.9. The summed E-state index contributed by atoms with van der Waals surface area (Å²) in [7, 11) is 1.46. The van der Waals surface area contributed by atoms with Crippen molar-refractivity contribution in [3.8, 4) is 17.6 Å². The van der Waals surface area contributed by atoms with Crippen LogP contribution < -0.4 is 14.8 Å². The van der Waals surface area contributed by atoms with Gasteiger partial charge in [0.1, 0.15) is 6.07 Å². The van der Waals surface area contributed by atoms with Crippen molar-refractivity contribution in [3.63, 3.8) is 0 Å². The number of pyridine rings is 1. The predicted molar refractivity (Wildman–Crippen MR) is 107 cm³/mol. The van der Waals surface area contributed by atoms with Crippen molar-refractivity contribution in [1.29, 1.82) is 5.26 Å². The number of carbonyl (C=O) groups is 2. The average Bonchev–Trinajstić information content (AvgIpc) is 2.72. The summed E-state index contributed by atoms with van der Waals surface area (Å²) in [5.41, 5.74) is 0.964. The van der Waals surface area contributed by atoms with Gasteiger partial charge in [0.2, 0.25) is 0 Å². The Balaban J connectivity index is 1.95. The molecule has 29 heavy (non-hydrogen) atoms. The number of methoxy groups -OCH3 is 1. The van der Waals surface area contributed by atoms with Crippen LogP contribution in [0, 0.1) is 11.3 Å². The smallest absolute Gasteiger partial charge is 0.331 e. The maximum Gasteiger partial charge on any atom is 0.331 e. The Hall–Kier alpha value is -3.57. The van der Waals surface area contributed by atoms with E-state index in [0.717, 1.165) is 0 Å². The molecule has 1 heterocycles. The molecule has 0 spiro atoms. The molecule has 150 valence electrons. The van der Waals surface area contributed by atoms with Gasteiger partial charge in [0.05, 0.1) is 12.8 Å². The molecule has 0 unspecified atom stereocenters. The van der Waals surface area contributed by atoms with Gasteiger partial charge in [0.15, 0.2) is 29.4 Å². The molecule has 0 saturated heterocycles. The van der Waals surface area contributed by atoms with Crippen molar-refractivity contribution in [1.82, 2.24) is 4.98 Å². The minimum atomic E-state index is -1.04. The average molecular weight is 416 g/mol. The molecular formula is C20H18ClN3O5. The van der Waals surface area contributed by atoms with Gasteiger partial charge in [-0.1, -0.05) is 17.7 Å². The molecule has 0 saturated carbocycles. The van der Waals surface area contributed by atoms with Crippen molar-refractivity contribution in [3.05, 3.63) is 53.3 Å². The second kappa shape index (κ2) is 10.7. The number of hydrogen-bond donors (Lipinski definition) is 1. The highest BCUT2D eigenvalue weighted by Gasteiger charge is 2.18. The molecule has 0 aliphatic heterocycles. The van der Waals surface area contributed by atoms with Crippen LogP contribution >= 0.6 is 11.6 Å². The van der Waals surface area contributed by atoms with Gasteiger partial charge in [-0.2, -0.15) is 5.26 Å². The highest BCUT2D eigenvalue weighted by molar-refractivity contribution is 6.32. The number of nitrogens with one attached hydrogen (secondary N) is 1. The number of rotatable bonds is 8. The Labute approximate surface area is 172 Å². The number of halogens is 1. The number of benzene rings is 1. The summed E-state index contributed by atoms with van der Waals surface area (Å²) in [6.45, 7) is 1.33. The van der Waals surface area contributed by atoms with Crippen LogP contribution in [0.5, 0.6) is 11.5 Å². The molecule has 0 bridgehead atoms. The molecule has 1 atom stereocenters. The Morgan fingerprint density at radius 1 is 1.34 bits per heavy atom. The third-order valence-electron chi connectivity index (χ3n) is 3.57. The number of esters is 1. The van der Waals surface area contributed by atoms with E-state index in [0.29, 0.717) is 22.7 Å². The summed E-state index contributed by atoms with van der Waals surface area (Å²) in [6, 6.07) is 10.0. The van der Waals surface area contributed by atoms with E-state index >= 15 is 0 Å². The van der Waals surface area contributed by atoms with Crippen LogP contribution in [-0.2, 0) is 14.3 Å². The highest BCUT2D eigenvalue weighted by atomic mass is 35.5. The van der Waals surface area contributed by atoms with Crippen LogP contribution in [0.15, 0.2) is 42.6 Å². The highest BCUT2D eigenvalue weighted by Crippen LogP contribution is 2.28. The number of aromatic nitrogens is 1. The summed E-state index contributed by atoms with van der Waals surface area (Å²) in [5.74, 6) is -0.416. The molecule has 0 aliphatic rings. The van der Waals surface area contributed by atoms with Gasteiger partial charge in [0.25, 0.3) is 5.91 Å². The third-order valence-corrected chi connectivity index (χ3v) is 3.87. The number of hydrogen-bond acceptors (Lipinski definition) is 7. The Bertz CT molecular complexity index is 955. The lowest BCUT2D eigenvalue weighted by molar-refractivity contribution is -0.148. The van der Waals surface area contributed by atoms with Gasteiger partial charge in [-0.05, 0) is 42.8 Å². The van der Waals surface area contributed by atoms with Crippen LogP contribution in [0.2, 0.25) is 5.15 Å². The summed E-state index contributed by atoms with van der Waals surface area (Å²) in [6.07, 6.45) is 3.14. The number of amides is 1. The fourth-order valence-corrected chi connectivity index (χ4v) is 2.33.